The van der Waals surface area contributed by atoms with Crippen LogP contribution in [-0.4, -0.2) is 40.2 Å². The molecule has 2 rings (SSSR count). The topological polar surface area (TPSA) is 68.7 Å². The summed E-state index contributed by atoms with van der Waals surface area (Å²) in [5.74, 6) is 0. The summed E-state index contributed by atoms with van der Waals surface area (Å²) in [5.41, 5.74) is -0.999. The zero-order chi connectivity index (χ0) is 15.8. The first-order valence-electron chi connectivity index (χ1n) is 6.71. The van der Waals surface area contributed by atoms with Crippen LogP contribution in [0.1, 0.15) is 56.2 Å². The van der Waals surface area contributed by atoms with Crippen molar-refractivity contribution in [3.05, 3.63) is 16.1 Å². The standard InChI is InChI=1S/C14H20N2O4S/c1-13(2,3)20-12(18)16-10(7-19-14(16,4)5)11-15-9(6-17)8-21-11/h6,8,10H,7H2,1-5H3/t10-/m1/s1. The van der Waals surface area contributed by atoms with E-state index in [1.54, 1.807) is 10.3 Å². The molecule has 1 aliphatic rings. The maximum absolute atomic E-state index is 12.5. The SMILES string of the molecule is CC(C)(C)OC(=O)N1[C@@H](c2nc(C=O)cs2)COC1(C)C. The zero-order valence-corrected chi connectivity index (χ0v) is 13.7. The lowest BCUT2D eigenvalue weighted by molar-refractivity contribution is -0.0626. The molecular formula is C14H20N2O4S. The molecule has 0 aliphatic carbocycles. The van der Waals surface area contributed by atoms with Gasteiger partial charge >= 0.3 is 6.09 Å². The van der Waals surface area contributed by atoms with Crippen LogP contribution in [0.3, 0.4) is 0 Å². The van der Waals surface area contributed by atoms with Crippen molar-refractivity contribution in [3.8, 4) is 0 Å². The van der Waals surface area contributed by atoms with Gasteiger partial charge in [0.15, 0.2) is 6.29 Å². The minimum Gasteiger partial charge on any atom is -0.444 e. The van der Waals surface area contributed by atoms with E-state index in [2.05, 4.69) is 4.98 Å². The molecule has 0 saturated carbocycles. The first-order valence-corrected chi connectivity index (χ1v) is 7.59. The number of ether oxygens (including phenoxy) is 2. The van der Waals surface area contributed by atoms with Crippen molar-refractivity contribution in [2.24, 2.45) is 0 Å². The van der Waals surface area contributed by atoms with E-state index in [9.17, 15) is 9.59 Å². The number of thiazole rings is 1. The summed E-state index contributed by atoms with van der Waals surface area (Å²) in [6, 6.07) is -0.339. The number of amides is 1. The zero-order valence-electron chi connectivity index (χ0n) is 12.9. The number of carbonyl (C=O) groups is 2. The van der Waals surface area contributed by atoms with Crippen LogP contribution in [0, 0.1) is 0 Å². The van der Waals surface area contributed by atoms with Gasteiger partial charge in [0.05, 0.1) is 6.61 Å². The smallest absolute Gasteiger partial charge is 0.413 e. The first-order chi connectivity index (χ1) is 9.64. The van der Waals surface area contributed by atoms with E-state index >= 15 is 0 Å². The second-order valence-corrected chi connectivity index (χ2v) is 7.24. The largest absolute Gasteiger partial charge is 0.444 e. The van der Waals surface area contributed by atoms with Gasteiger partial charge in [-0.3, -0.25) is 9.69 Å². The minimum atomic E-state index is -0.778. The second kappa shape index (κ2) is 5.38. The van der Waals surface area contributed by atoms with E-state index in [1.165, 1.54) is 11.3 Å². The Balaban J connectivity index is 2.28. The van der Waals surface area contributed by atoms with Crippen molar-refractivity contribution in [1.82, 2.24) is 9.88 Å². The lowest BCUT2D eigenvalue weighted by Crippen LogP contribution is -2.47. The number of hydrogen-bond donors (Lipinski definition) is 0. The molecule has 1 aromatic rings. The highest BCUT2D eigenvalue weighted by Crippen LogP contribution is 2.38. The van der Waals surface area contributed by atoms with Crippen molar-refractivity contribution < 1.29 is 19.1 Å². The van der Waals surface area contributed by atoms with E-state index in [0.29, 0.717) is 23.6 Å². The highest BCUT2D eigenvalue weighted by Gasteiger charge is 2.47. The minimum absolute atomic E-state index is 0.331. The molecule has 1 amide bonds. The van der Waals surface area contributed by atoms with Gasteiger partial charge < -0.3 is 9.47 Å². The fraction of sp³-hybridized carbons (Fsp3) is 0.643. The lowest BCUT2D eigenvalue weighted by atomic mass is 10.2. The van der Waals surface area contributed by atoms with Crippen molar-refractivity contribution in [2.75, 3.05) is 6.61 Å². The monoisotopic (exact) mass is 312 g/mol. The Hall–Kier alpha value is -1.47. The third-order valence-electron chi connectivity index (χ3n) is 3.02. The summed E-state index contributed by atoms with van der Waals surface area (Å²) < 4.78 is 11.2. The molecular weight excluding hydrogens is 292 g/mol. The Morgan fingerprint density at radius 3 is 2.76 bits per heavy atom. The Bertz CT molecular complexity index is 547. The Kier molecular flexibility index (Phi) is 4.08. The van der Waals surface area contributed by atoms with E-state index in [1.807, 2.05) is 34.6 Å². The Morgan fingerprint density at radius 2 is 2.24 bits per heavy atom. The normalized spacial score (nSPS) is 21.4. The first kappa shape index (κ1) is 15.9. The van der Waals surface area contributed by atoms with Gasteiger partial charge in [0.1, 0.15) is 28.1 Å². The van der Waals surface area contributed by atoms with Crippen LogP contribution in [0.25, 0.3) is 0 Å². The van der Waals surface area contributed by atoms with Gasteiger partial charge in [-0.25, -0.2) is 9.78 Å². The van der Waals surface area contributed by atoms with Gasteiger partial charge in [-0.15, -0.1) is 11.3 Å². The molecule has 116 valence electrons. The molecule has 6 nitrogen and oxygen atoms in total. The number of nitrogens with zero attached hydrogens (tertiary/aromatic N) is 2. The highest BCUT2D eigenvalue weighted by atomic mass is 32.1. The van der Waals surface area contributed by atoms with Crippen molar-refractivity contribution in [3.63, 3.8) is 0 Å². The van der Waals surface area contributed by atoms with Gasteiger partial charge in [-0.2, -0.15) is 0 Å². The van der Waals surface area contributed by atoms with E-state index in [4.69, 9.17) is 9.47 Å². The number of hydrogen-bond acceptors (Lipinski definition) is 6. The summed E-state index contributed by atoms with van der Waals surface area (Å²) in [4.78, 5) is 29.0. The summed E-state index contributed by atoms with van der Waals surface area (Å²) in [7, 11) is 0. The number of carbonyl (C=O) groups excluding carboxylic acids is 2. The van der Waals surface area contributed by atoms with Crippen molar-refractivity contribution >= 4 is 23.7 Å². The molecule has 1 aromatic heterocycles. The second-order valence-electron chi connectivity index (χ2n) is 6.35. The highest BCUT2D eigenvalue weighted by molar-refractivity contribution is 7.09. The van der Waals surface area contributed by atoms with E-state index in [0.717, 1.165) is 0 Å². The Morgan fingerprint density at radius 1 is 1.57 bits per heavy atom. The number of rotatable bonds is 2. The fourth-order valence-corrected chi connectivity index (χ4v) is 2.99. The van der Waals surface area contributed by atoms with Crippen molar-refractivity contribution in [1.29, 1.82) is 0 Å². The molecule has 0 bridgehead atoms. The quantitative estimate of drug-likeness (QED) is 0.785. The van der Waals surface area contributed by atoms with E-state index < -0.39 is 17.4 Å². The van der Waals surface area contributed by atoms with Gasteiger partial charge in [0, 0.05) is 5.38 Å². The summed E-state index contributed by atoms with van der Waals surface area (Å²) in [6.45, 7) is 9.40. The molecule has 1 fully saturated rings. The summed E-state index contributed by atoms with van der Waals surface area (Å²) >= 11 is 1.34. The lowest BCUT2D eigenvalue weighted by Gasteiger charge is -2.34. The van der Waals surface area contributed by atoms with Crippen LogP contribution in [0.2, 0.25) is 0 Å². The average molecular weight is 312 g/mol. The van der Waals surface area contributed by atoms with Gasteiger partial charge in [0.25, 0.3) is 0 Å². The van der Waals surface area contributed by atoms with Gasteiger partial charge in [-0.1, -0.05) is 0 Å². The maximum atomic E-state index is 12.5. The molecule has 1 saturated heterocycles. The molecule has 21 heavy (non-hydrogen) atoms. The number of aromatic nitrogens is 1. The molecule has 2 heterocycles. The molecule has 7 heteroatoms. The molecule has 1 aliphatic heterocycles. The predicted octanol–water partition coefficient (Wildman–Crippen LogP) is 3.00. The summed E-state index contributed by atoms with van der Waals surface area (Å²) in [5, 5.41) is 2.34. The third-order valence-corrected chi connectivity index (χ3v) is 3.99. The average Bonchev–Trinajstić information content (AvgIpc) is 2.90. The number of aldehydes is 1. The van der Waals surface area contributed by atoms with Crippen LogP contribution in [0.5, 0.6) is 0 Å². The Labute approximate surface area is 128 Å². The third kappa shape index (κ3) is 3.41. The van der Waals surface area contributed by atoms with Crippen LogP contribution in [0.4, 0.5) is 4.79 Å². The molecule has 0 spiro atoms. The van der Waals surface area contributed by atoms with Crippen LogP contribution < -0.4 is 0 Å². The fourth-order valence-electron chi connectivity index (χ4n) is 2.15. The van der Waals surface area contributed by atoms with Crippen molar-refractivity contribution in [2.45, 2.75) is 52.0 Å². The molecule has 1 atom stereocenters. The van der Waals surface area contributed by atoms with E-state index in [-0.39, 0.29) is 6.04 Å². The molecule has 0 aromatic carbocycles. The van der Waals surface area contributed by atoms with Crippen LogP contribution in [-0.2, 0) is 9.47 Å². The molecule has 0 unspecified atom stereocenters. The van der Waals surface area contributed by atoms with Crippen LogP contribution in [0.15, 0.2) is 5.38 Å². The van der Waals surface area contributed by atoms with Gasteiger partial charge in [0.2, 0.25) is 0 Å². The molecule has 0 radical (unpaired) electrons. The summed E-state index contributed by atoms with van der Waals surface area (Å²) in [6.07, 6.45) is 0.247. The predicted molar refractivity (Wildman–Crippen MR) is 78.3 cm³/mol. The van der Waals surface area contributed by atoms with Gasteiger partial charge in [-0.05, 0) is 34.6 Å². The van der Waals surface area contributed by atoms with Crippen LogP contribution >= 0.6 is 11.3 Å². The maximum Gasteiger partial charge on any atom is 0.413 e. The molecule has 0 N–H and O–H groups in total.